The molecule has 0 spiro atoms. The van der Waals surface area contributed by atoms with Crippen molar-refractivity contribution in [1.29, 1.82) is 0 Å². The number of hydrogen-bond donors (Lipinski definition) is 2. The van der Waals surface area contributed by atoms with E-state index < -0.39 is 5.82 Å². The quantitative estimate of drug-likeness (QED) is 0.842. The van der Waals surface area contributed by atoms with Gasteiger partial charge in [-0.3, -0.25) is 0 Å². The molecule has 0 aromatic heterocycles. The number of nitrogens with two attached hydrogens (primary N) is 1. The Morgan fingerprint density at radius 3 is 2.45 bits per heavy atom. The SMILES string of the molecule is NCC(Nc1ccc(F)c(Br)c1)c1ccc(F)c(Cl)c1. The van der Waals surface area contributed by atoms with E-state index in [1.165, 1.54) is 18.2 Å². The van der Waals surface area contributed by atoms with E-state index in [9.17, 15) is 8.78 Å². The van der Waals surface area contributed by atoms with Crippen LogP contribution in [0.15, 0.2) is 40.9 Å². The number of halogens is 4. The van der Waals surface area contributed by atoms with E-state index >= 15 is 0 Å². The van der Waals surface area contributed by atoms with Gasteiger partial charge in [0, 0.05) is 12.2 Å². The number of nitrogens with one attached hydrogen (secondary N) is 1. The Hall–Kier alpha value is -1.17. The van der Waals surface area contributed by atoms with Crippen LogP contribution in [-0.4, -0.2) is 6.54 Å². The molecule has 0 aliphatic rings. The Kier molecular flexibility index (Phi) is 4.96. The molecule has 6 heteroatoms. The summed E-state index contributed by atoms with van der Waals surface area (Å²) in [5, 5.41) is 3.20. The van der Waals surface area contributed by atoms with Gasteiger partial charge in [-0.2, -0.15) is 0 Å². The second-order valence-electron chi connectivity index (χ2n) is 4.24. The highest BCUT2D eigenvalue weighted by molar-refractivity contribution is 9.10. The van der Waals surface area contributed by atoms with Gasteiger partial charge >= 0.3 is 0 Å². The maximum atomic E-state index is 13.2. The predicted octanol–water partition coefficient (Wildman–Crippen LogP) is 4.49. The van der Waals surface area contributed by atoms with Crippen molar-refractivity contribution in [1.82, 2.24) is 0 Å². The monoisotopic (exact) mass is 360 g/mol. The summed E-state index contributed by atoms with van der Waals surface area (Å²) in [6.07, 6.45) is 0. The molecular formula is C14H12BrClF2N2. The summed E-state index contributed by atoms with van der Waals surface area (Å²) >= 11 is 8.88. The molecule has 1 unspecified atom stereocenters. The molecule has 0 aliphatic heterocycles. The Balaban J connectivity index is 2.23. The normalized spacial score (nSPS) is 12.2. The van der Waals surface area contributed by atoms with Crippen LogP contribution in [0.4, 0.5) is 14.5 Å². The van der Waals surface area contributed by atoms with E-state index in [0.717, 1.165) is 5.56 Å². The third-order valence-electron chi connectivity index (χ3n) is 2.84. The van der Waals surface area contributed by atoms with Gasteiger partial charge in [-0.05, 0) is 51.8 Å². The molecular weight excluding hydrogens is 350 g/mol. The second kappa shape index (κ2) is 6.52. The van der Waals surface area contributed by atoms with Crippen LogP contribution in [-0.2, 0) is 0 Å². The number of rotatable bonds is 4. The van der Waals surface area contributed by atoms with Gasteiger partial charge in [-0.15, -0.1) is 0 Å². The smallest absolute Gasteiger partial charge is 0.141 e. The molecule has 0 radical (unpaired) electrons. The van der Waals surface area contributed by atoms with E-state index in [0.29, 0.717) is 10.2 Å². The van der Waals surface area contributed by atoms with Gasteiger partial charge in [0.25, 0.3) is 0 Å². The average molecular weight is 362 g/mol. The van der Waals surface area contributed by atoms with Crippen LogP contribution < -0.4 is 11.1 Å². The van der Waals surface area contributed by atoms with Gasteiger partial charge in [0.1, 0.15) is 11.6 Å². The van der Waals surface area contributed by atoms with Crippen LogP contribution in [0, 0.1) is 11.6 Å². The summed E-state index contributed by atoms with van der Waals surface area (Å²) < 4.78 is 26.7. The fourth-order valence-electron chi connectivity index (χ4n) is 1.79. The molecule has 106 valence electrons. The van der Waals surface area contributed by atoms with Crippen molar-refractivity contribution >= 4 is 33.2 Å². The molecule has 20 heavy (non-hydrogen) atoms. The van der Waals surface area contributed by atoms with Crippen LogP contribution in [0.1, 0.15) is 11.6 Å². The molecule has 0 fully saturated rings. The topological polar surface area (TPSA) is 38.0 Å². The van der Waals surface area contributed by atoms with E-state index in [-0.39, 0.29) is 23.4 Å². The molecule has 0 amide bonds. The molecule has 1 atom stereocenters. The molecule has 2 nitrogen and oxygen atoms in total. The van der Waals surface area contributed by atoms with Crippen LogP contribution in [0.3, 0.4) is 0 Å². The molecule has 2 aromatic rings. The standard InChI is InChI=1S/C14H12BrClF2N2/c15-10-6-9(2-4-12(10)17)20-14(7-19)8-1-3-13(18)11(16)5-8/h1-6,14,20H,7,19H2. The first-order valence-corrected chi connectivity index (χ1v) is 7.05. The van der Waals surface area contributed by atoms with Crippen molar-refractivity contribution in [2.24, 2.45) is 5.73 Å². The first kappa shape index (κ1) is 15.2. The zero-order valence-corrected chi connectivity index (χ0v) is 12.7. The van der Waals surface area contributed by atoms with Gasteiger partial charge in [-0.25, -0.2) is 8.78 Å². The van der Waals surface area contributed by atoms with E-state index in [1.54, 1.807) is 18.2 Å². The van der Waals surface area contributed by atoms with Crippen LogP contribution in [0.2, 0.25) is 5.02 Å². The summed E-state index contributed by atoms with van der Waals surface area (Å²) in [6, 6.07) is 8.76. The van der Waals surface area contributed by atoms with Crippen molar-refractivity contribution in [3.63, 3.8) is 0 Å². The largest absolute Gasteiger partial charge is 0.377 e. The molecule has 2 aromatic carbocycles. The molecule has 3 N–H and O–H groups in total. The Labute approximate surface area is 129 Å². The highest BCUT2D eigenvalue weighted by atomic mass is 79.9. The highest BCUT2D eigenvalue weighted by Gasteiger charge is 2.12. The minimum atomic E-state index is -0.476. The fraction of sp³-hybridized carbons (Fsp3) is 0.143. The lowest BCUT2D eigenvalue weighted by Gasteiger charge is -2.19. The number of benzene rings is 2. The van der Waals surface area contributed by atoms with E-state index in [1.807, 2.05) is 0 Å². The van der Waals surface area contributed by atoms with Crippen molar-refractivity contribution in [3.8, 4) is 0 Å². The Morgan fingerprint density at radius 1 is 1.15 bits per heavy atom. The summed E-state index contributed by atoms with van der Waals surface area (Å²) in [4.78, 5) is 0. The molecule has 0 aliphatic carbocycles. The Bertz CT molecular complexity index is 622. The van der Waals surface area contributed by atoms with Crippen molar-refractivity contribution in [3.05, 3.63) is 63.1 Å². The first-order chi connectivity index (χ1) is 9.51. The number of anilines is 1. The first-order valence-electron chi connectivity index (χ1n) is 5.88. The van der Waals surface area contributed by atoms with E-state index in [2.05, 4.69) is 21.2 Å². The molecule has 0 saturated carbocycles. The minimum absolute atomic E-state index is 0.0445. The van der Waals surface area contributed by atoms with Gasteiger partial charge < -0.3 is 11.1 Å². The molecule has 0 saturated heterocycles. The van der Waals surface area contributed by atoms with Gasteiger partial charge in [0.15, 0.2) is 0 Å². The molecule has 0 bridgehead atoms. The van der Waals surface area contributed by atoms with Crippen molar-refractivity contribution < 1.29 is 8.78 Å². The highest BCUT2D eigenvalue weighted by Crippen LogP contribution is 2.26. The number of hydrogen-bond acceptors (Lipinski definition) is 2. The van der Waals surface area contributed by atoms with Gasteiger partial charge in [0.2, 0.25) is 0 Å². The second-order valence-corrected chi connectivity index (χ2v) is 5.50. The van der Waals surface area contributed by atoms with Crippen LogP contribution in [0.25, 0.3) is 0 Å². The zero-order chi connectivity index (χ0) is 14.7. The Morgan fingerprint density at radius 2 is 1.85 bits per heavy atom. The molecule has 0 heterocycles. The molecule has 2 rings (SSSR count). The summed E-state index contributed by atoms with van der Waals surface area (Å²) in [6.45, 7) is 0.289. The van der Waals surface area contributed by atoms with Gasteiger partial charge in [-0.1, -0.05) is 17.7 Å². The lowest BCUT2D eigenvalue weighted by molar-refractivity contribution is 0.621. The fourth-order valence-corrected chi connectivity index (χ4v) is 2.36. The third kappa shape index (κ3) is 3.48. The maximum Gasteiger partial charge on any atom is 0.141 e. The summed E-state index contributed by atoms with van der Waals surface area (Å²) in [7, 11) is 0. The summed E-state index contributed by atoms with van der Waals surface area (Å²) in [5.74, 6) is -0.819. The predicted molar refractivity (Wildman–Crippen MR) is 80.9 cm³/mol. The summed E-state index contributed by atoms with van der Waals surface area (Å²) in [5.41, 5.74) is 7.19. The lowest BCUT2D eigenvalue weighted by Crippen LogP contribution is -2.20. The van der Waals surface area contributed by atoms with Crippen LogP contribution >= 0.6 is 27.5 Å². The maximum absolute atomic E-state index is 13.2. The third-order valence-corrected chi connectivity index (χ3v) is 3.74. The van der Waals surface area contributed by atoms with Crippen molar-refractivity contribution in [2.75, 3.05) is 11.9 Å². The lowest BCUT2D eigenvalue weighted by atomic mass is 10.1. The van der Waals surface area contributed by atoms with Gasteiger partial charge in [0.05, 0.1) is 15.5 Å². The zero-order valence-electron chi connectivity index (χ0n) is 10.3. The van der Waals surface area contributed by atoms with Crippen LogP contribution in [0.5, 0.6) is 0 Å². The minimum Gasteiger partial charge on any atom is -0.377 e. The average Bonchev–Trinajstić information content (AvgIpc) is 2.43. The van der Waals surface area contributed by atoms with E-state index in [4.69, 9.17) is 17.3 Å². The van der Waals surface area contributed by atoms with Crippen molar-refractivity contribution in [2.45, 2.75) is 6.04 Å².